The normalized spacial score (nSPS) is 24.2. The first kappa shape index (κ1) is 18.4. The number of hydrogen-bond donors (Lipinski definition) is 0. The van der Waals surface area contributed by atoms with Gasteiger partial charge in [0.1, 0.15) is 0 Å². The molecule has 2 unspecified atom stereocenters. The van der Waals surface area contributed by atoms with Crippen molar-refractivity contribution in [3.05, 3.63) is 95.1 Å². The van der Waals surface area contributed by atoms with Crippen LogP contribution < -0.4 is 9.80 Å². The lowest BCUT2D eigenvalue weighted by Crippen LogP contribution is -2.49. The van der Waals surface area contributed by atoms with Crippen LogP contribution >= 0.6 is 0 Å². The molecule has 0 radical (unpaired) electrons. The summed E-state index contributed by atoms with van der Waals surface area (Å²) >= 11 is 0. The largest absolute Gasteiger partial charge is 0.364 e. The molecule has 3 heterocycles. The van der Waals surface area contributed by atoms with Crippen molar-refractivity contribution in [1.29, 1.82) is 0 Å². The fraction of sp³-hybridized carbons (Fsp3) is 0.259. The van der Waals surface area contributed by atoms with Crippen LogP contribution in [0.2, 0.25) is 0 Å². The van der Waals surface area contributed by atoms with Crippen molar-refractivity contribution in [1.82, 2.24) is 0 Å². The summed E-state index contributed by atoms with van der Waals surface area (Å²) in [6.07, 6.45) is 1.85. The zero-order chi connectivity index (χ0) is 21.2. The van der Waals surface area contributed by atoms with Crippen LogP contribution in [0.5, 0.6) is 0 Å². The summed E-state index contributed by atoms with van der Waals surface area (Å²) in [5, 5.41) is 0. The van der Waals surface area contributed by atoms with E-state index in [-0.39, 0.29) is 24.3 Å². The fourth-order valence-corrected chi connectivity index (χ4v) is 5.79. The number of fused-ring (bicyclic) bond motifs is 6. The number of anilines is 2. The van der Waals surface area contributed by atoms with Crippen molar-refractivity contribution >= 4 is 23.2 Å². The molecule has 4 heteroatoms. The number of hydrogen-bond acceptors (Lipinski definition) is 3. The molecule has 0 saturated carbocycles. The molecule has 3 aromatic rings. The van der Waals surface area contributed by atoms with Crippen molar-refractivity contribution in [2.45, 2.75) is 37.6 Å². The molecule has 6 rings (SSSR count). The number of para-hydroxylation sites is 1. The Hall–Kier alpha value is -3.40. The van der Waals surface area contributed by atoms with Gasteiger partial charge in [-0.1, -0.05) is 60.2 Å². The van der Waals surface area contributed by atoms with Crippen LogP contribution in [0.4, 0.5) is 11.4 Å². The molecule has 0 aromatic heterocycles. The molecule has 1 saturated heterocycles. The zero-order valence-corrected chi connectivity index (χ0v) is 17.5. The van der Waals surface area contributed by atoms with Crippen LogP contribution in [-0.2, 0) is 21.4 Å². The number of rotatable bonds is 1. The average molecular weight is 409 g/mol. The van der Waals surface area contributed by atoms with E-state index in [1.54, 1.807) is 0 Å². The van der Waals surface area contributed by atoms with Gasteiger partial charge in [0, 0.05) is 18.7 Å². The summed E-state index contributed by atoms with van der Waals surface area (Å²) in [4.78, 5) is 31.1. The molecule has 0 N–H and O–H groups in total. The standard InChI is InChI=1S/C27H24N2O2/c1-18-10-12-20(13-11-18)29-25(30)17-27(26(29)31)16-24-21-7-3-2-6-19(21)14-15-28(24)23-9-5-4-8-22(23)27/h2-13,24H,14-17H2,1H3. The van der Waals surface area contributed by atoms with Crippen LogP contribution in [0.25, 0.3) is 0 Å². The second kappa shape index (κ2) is 6.55. The van der Waals surface area contributed by atoms with Crippen LogP contribution in [0.3, 0.4) is 0 Å². The van der Waals surface area contributed by atoms with Crippen molar-refractivity contribution in [3.8, 4) is 0 Å². The van der Waals surface area contributed by atoms with Gasteiger partial charge in [0.25, 0.3) is 0 Å². The number of imide groups is 1. The van der Waals surface area contributed by atoms with Gasteiger partial charge < -0.3 is 4.90 Å². The Morgan fingerprint density at radius 2 is 1.65 bits per heavy atom. The summed E-state index contributed by atoms with van der Waals surface area (Å²) in [5.41, 5.74) is 5.70. The molecule has 1 fully saturated rings. The molecular weight excluding hydrogens is 384 g/mol. The van der Waals surface area contributed by atoms with Gasteiger partial charge in [-0.3, -0.25) is 9.59 Å². The summed E-state index contributed by atoms with van der Waals surface area (Å²) in [6.45, 7) is 2.93. The number of carbonyl (C=O) groups is 2. The molecule has 1 spiro atoms. The van der Waals surface area contributed by atoms with Gasteiger partial charge in [-0.2, -0.15) is 0 Å². The minimum absolute atomic E-state index is 0.0866. The highest BCUT2D eigenvalue weighted by molar-refractivity contribution is 6.25. The molecule has 3 aromatic carbocycles. The average Bonchev–Trinajstić information content (AvgIpc) is 3.04. The lowest BCUT2D eigenvalue weighted by molar-refractivity contribution is -0.123. The maximum absolute atomic E-state index is 14.0. The van der Waals surface area contributed by atoms with Crippen LogP contribution in [-0.4, -0.2) is 18.4 Å². The Balaban J connectivity index is 1.51. The second-order valence-electron chi connectivity index (χ2n) is 9.01. The van der Waals surface area contributed by atoms with E-state index in [1.807, 2.05) is 43.3 Å². The van der Waals surface area contributed by atoms with E-state index in [4.69, 9.17) is 0 Å². The summed E-state index contributed by atoms with van der Waals surface area (Å²) in [5.74, 6) is -0.197. The Labute approximate surface area is 182 Å². The van der Waals surface area contributed by atoms with E-state index >= 15 is 0 Å². The van der Waals surface area contributed by atoms with E-state index < -0.39 is 5.41 Å². The molecule has 4 nitrogen and oxygen atoms in total. The zero-order valence-electron chi connectivity index (χ0n) is 17.5. The van der Waals surface area contributed by atoms with Gasteiger partial charge in [-0.15, -0.1) is 0 Å². The monoisotopic (exact) mass is 408 g/mol. The number of nitrogens with zero attached hydrogens (tertiary/aromatic N) is 2. The Bertz CT molecular complexity index is 1220. The van der Waals surface area contributed by atoms with Gasteiger partial charge in [0.2, 0.25) is 11.8 Å². The third-order valence-corrected chi connectivity index (χ3v) is 7.29. The Kier molecular flexibility index (Phi) is 3.88. The van der Waals surface area contributed by atoms with Gasteiger partial charge in [0.05, 0.1) is 17.1 Å². The highest BCUT2D eigenvalue weighted by atomic mass is 16.2. The highest BCUT2D eigenvalue weighted by Gasteiger charge is 2.58. The Morgan fingerprint density at radius 3 is 2.48 bits per heavy atom. The lowest BCUT2D eigenvalue weighted by atomic mass is 9.68. The van der Waals surface area contributed by atoms with Crippen LogP contribution in [0.15, 0.2) is 72.8 Å². The maximum atomic E-state index is 14.0. The fourth-order valence-electron chi connectivity index (χ4n) is 5.79. The third-order valence-electron chi connectivity index (χ3n) is 7.29. The first-order valence-corrected chi connectivity index (χ1v) is 11.0. The van der Waals surface area contributed by atoms with Crippen molar-refractivity contribution in [2.75, 3.05) is 16.3 Å². The molecule has 31 heavy (non-hydrogen) atoms. The van der Waals surface area contributed by atoms with E-state index in [9.17, 15) is 9.59 Å². The number of aryl methyl sites for hydroxylation is 1. The van der Waals surface area contributed by atoms with Crippen LogP contribution in [0, 0.1) is 6.92 Å². The molecule has 3 aliphatic heterocycles. The predicted octanol–water partition coefficient (Wildman–Crippen LogP) is 4.70. The first-order valence-electron chi connectivity index (χ1n) is 11.0. The van der Waals surface area contributed by atoms with E-state index in [0.29, 0.717) is 12.1 Å². The summed E-state index contributed by atoms with van der Waals surface area (Å²) in [6, 6.07) is 24.5. The third kappa shape index (κ3) is 2.54. The van der Waals surface area contributed by atoms with E-state index in [1.165, 1.54) is 16.0 Å². The van der Waals surface area contributed by atoms with Crippen molar-refractivity contribution in [3.63, 3.8) is 0 Å². The van der Waals surface area contributed by atoms with Crippen LogP contribution in [0.1, 0.15) is 41.1 Å². The lowest BCUT2D eigenvalue weighted by Gasteiger charge is -2.48. The summed E-state index contributed by atoms with van der Waals surface area (Å²) in [7, 11) is 0. The molecule has 154 valence electrons. The molecule has 3 aliphatic rings. The topological polar surface area (TPSA) is 40.6 Å². The molecule has 0 bridgehead atoms. The van der Waals surface area contributed by atoms with Gasteiger partial charge >= 0.3 is 0 Å². The van der Waals surface area contributed by atoms with Crippen molar-refractivity contribution in [2.24, 2.45) is 0 Å². The minimum atomic E-state index is -0.815. The van der Waals surface area contributed by atoms with Gasteiger partial charge in [0.15, 0.2) is 0 Å². The smallest absolute Gasteiger partial charge is 0.245 e. The van der Waals surface area contributed by atoms with Gasteiger partial charge in [-0.25, -0.2) is 4.90 Å². The number of carbonyl (C=O) groups excluding carboxylic acids is 2. The summed E-state index contributed by atoms with van der Waals surface area (Å²) < 4.78 is 0. The first-order chi connectivity index (χ1) is 15.1. The van der Waals surface area contributed by atoms with E-state index in [0.717, 1.165) is 29.8 Å². The molecule has 2 atom stereocenters. The quantitative estimate of drug-likeness (QED) is 0.548. The SMILES string of the molecule is Cc1ccc(N2C(=O)CC3(CC4c5ccccc5CCN4c4ccccc43)C2=O)cc1. The van der Waals surface area contributed by atoms with Gasteiger partial charge in [-0.05, 0) is 54.7 Å². The minimum Gasteiger partial charge on any atom is -0.364 e. The Morgan fingerprint density at radius 1 is 0.903 bits per heavy atom. The number of benzene rings is 3. The number of amides is 2. The highest BCUT2D eigenvalue weighted by Crippen LogP contribution is 2.54. The predicted molar refractivity (Wildman–Crippen MR) is 121 cm³/mol. The maximum Gasteiger partial charge on any atom is 0.245 e. The van der Waals surface area contributed by atoms with E-state index in [2.05, 4.69) is 41.3 Å². The molecule has 2 amide bonds. The second-order valence-corrected chi connectivity index (χ2v) is 9.01. The van der Waals surface area contributed by atoms with Crippen molar-refractivity contribution < 1.29 is 9.59 Å². The molecular formula is C27H24N2O2. The molecule has 0 aliphatic carbocycles.